The Morgan fingerprint density at radius 1 is 1.27 bits per heavy atom. The number of ketones is 1. The molecule has 162 valence electrons. The van der Waals surface area contributed by atoms with Gasteiger partial charge in [0.1, 0.15) is 17.4 Å². The normalized spacial score (nSPS) is 27.8. The third-order valence-corrected chi connectivity index (χ3v) is 6.16. The molecular formula is C22H28N2O6. The number of hydrogen-bond donors (Lipinski definition) is 1. The summed E-state index contributed by atoms with van der Waals surface area (Å²) in [6.45, 7) is 3.98. The van der Waals surface area contributed by atoms with E-state index in [0.29, 0.717) is 57.1 Å². The maximum atomic E-state index is 12.8. The summed E-state index contributed by atoms with van der Waals surface area (Å²) in [5, 5.41) is 2.86. The number of fused-ring (bicyclic) bond motifs is 1. The largest absolute Gasteiger partial charge is 0.486 e. The Hall–Kier alpha value is -2.45. The molecule has 0 bridgehead atoms. The summed E-state index contributed by atoms with van der Waals surface area (Å²) in [5.74, 6) is 0.300. The van der Waals surface area contributed by atoms with Crippen molar-refractivity contribution in [3.8, 4) is 5.75 Å². The number of hydrogen-bond acceptors (Lipinski definition) is 6. The van der Waals surface area contributed by atoms with E-state index in [-0.39, 0.29) is 36.5 Å². The van der Waals surface area contributed by atoms with Crippen LogP contribution in [0.2, 0.25) is 0 Å². The third kappa shape index (κ3) is 4.34. The van der Waals surface area contributed by atoms with Gasteiger partial charge in [0.15, 0.2) is 5.78 Å². The first-order chi connectivity index (χ1) is 14.5. The summed E-state index contributed by atoms with van der Waals surface area (Å²) in [7, 11) is 0. The number of para-hydroxylation sites is 1. The van der Waals surface area contributed by atoms with Gasteiger partial charge in [-0.1, -0.05) is 12.1 Å². The minimum absolute atomic E-state index is 0.0400. The fourth-order valence-electron chi connectivity index (χ4n) is 4.34. The molecule has 2 fully saturated rings. The lowest BCUT2D eigenvalue weighted by Gasteiger charge is -2.37. The lowest BCUT2D eigenvalue weighted by molar-refractivity contribution is -0.140. The zero-order chi connectivity index (χ0) is 21.1. The second kappa shape index (κ2) is 8.73. The maximum absolute atomic E-state index is 12.8. The summed E-state index contributed by atoms with van der Waals surface area (Å²) >= 11 is 0. The van der Waals surface area contributed by atoms with Crippen molar-refractivity contribution in [1.82, 2.24) is 10.2 Å². The topological polar surface area (TPSA) is 94.2 Å². The smallest absolute Gasteiger partial charge is 0.242 e. The highest BCUT2D eigenvalue weighted by molar-refractivity contribution is 6.00. The van der Waals surface area contributed by atoms with Crippen molar-refractivity contribution in [2.45, 2.75) is 50.4 Å². The second-order valence-corrected chi connectivity index (χ2v) is 8.21. The first-order valence-electron chi connectivity index (χ1n) is 10.6. The van der Waals surface area contributed by atoms with Gasteiger partial charge in [0.25, 0.3) is 0 Å². The van der Waals surface area contributed by atoms with Gasteiger partial charge < -0.3 is 24.4 Å². The Bertz CT molecular complexity index is 822. The van der Waals surface area contributed by atoms with Gasteiger partial charge >= 0.3 is 0 Å². The molecule has 0 saturated carbocycles. The van der Waals surface area contributed by atoms with Gasteiger partial charge in [-0.25, -0.2) is 0 Å². The predicted octanol–water partition coefficient (Wildman–Crippen LogP) is 1.32. The molecule has 0 aliphatic carbocycles. The number of benzene rings is 1. The van der Waals surface area contributed by atoms with Crippen molar-refractivity contribution in [3.63, 3.8) is 0 Å². The van der Waals surface area contributed by atoms with Crippen molar-refractivity contribution in [2.24, 2.45) is 0 Å². The first kappa shape index (κ1) is 20.8. The van der Waals surface area contributed by atoms with Crippen molar-refractivity contribution < 1.29 is 28.6 Å². The molecule has 8 nitrogen and oxygen atoms in total. The van der Waals surface area contributed by atoms with E-state index in [0.717, 1.165) is 0 Å². The number of carbonyl (C=O) groups is 3. The lowest BCUT2D eigenvalue weighted by Crippen LogP contribution is -2.50. The van der Waals surface area contributed by atoms with E-state index in [1.165, 1.54) is 0 Å². The van der Waals surface area contributed by atoms with Crippen molar-refractivity contribution in [3.05, 3.63) is 29.8 Å². The number of amides is 2. The second-order valence-electron chi connectivity index (χ2n) is 8.21. The van der Waals surface area contributed by atoms with E-state index in [1.54, 1.807) is 24.0 Å². The number of carbonyl (C=O) groups excluding carboxylic acids is 3. The predicted molar refractivity (Wildman–Crippen MR) is 107 cm³/mol. The van der Waals surface area contributed by atoms with Crippen LogP contribution >= 0.6 is 0 Å². The van der Waals surface area contributed by atoms with Gasteiger partial charge in [-0.3, -0.25) is 14.4 Å². The van der Waals surface area contributed by atoms with Crippen LogP contribution in [-0.2, 0) is 19.1 Å². The molecule has 30 heavy (non-hydrogen) atoms. The van der Waals surface area contributed by atoms with Crippen molar-refractivity contribution >= 4 is 17.6 Å². The molecule has 2 saturated heterocycles. The van der Waals surface area contributed by atoms with Crippen LogP contribution in [0.1, 0.15) is 43.0 Å². The molecule has 3 atom stereocenters. The van der Waals surface area contributed by atoms with E-state index < -0.39 is 11.6 Å². The van der Waals surface area contributed by atoms with Crippen LogP contribution in [0.15, 0.2) is 24.3 Å². The van der Waals surface area contributed by atoms with Crippen LogP contribution in [-0.4, -0.2) is 73.2 Å². The van der Waals surface area contributed by atoms with E-state index in [2.05, 4.69) is 5.32 Å². The standard InChI is InChI=1S/C22H28N2O6/c1-15(21(27)23-13-16-14-28-10-11-29-16)24-9-8-22(7-6-20(24)26)12-18(25)17-4-2-3-5-19(17)30-22/h2-5,15-16H,6-14H2,1H3,(H,23,27)/t15-,16+,22-/m1/s1. The fraction of sp³-hybridized carbons (Fsp3) is 0.591. The third-order valence-electron chi connectivity index (χ3n) is 6.16. The molecule has 0 aromatic heterocycles. The van der Waals surface area contributed by atoms with Gasteiger partial charge in [-0.15, -0.1) is 0 Å². The zero-order valence-corrected chi connectivity index (χ0v) is 17.2. The Morgan fingerprint density at radius 2 is 2.10 bits per heavy atom. The van der Waals surface area contributed by atoms with Crippen LogP contribution in [0.25, 0.3) is 0 Å². The molecule has 4 rings (SSSR count). The Labute approximate surface area is 175 Å². The van der Waals surface area contributed by atoms with Crippen molar-refractivity contribution in [1.29, 1.82) is 0 Å². The molecule has 3 aliphatic rings. The van der Waals surface area contributed by atoms with E-state index in [4.69, 9.17) is 14.2 Å². The average molecular weight is 416 g/mol. The quantitative estimate of drug-likeness (QED) is 0.796. The summed E-state index contributed by atoms with van der Waals surface area (Å²) in [6, 6.07) is 6.62. The number of ether oxygens (including phenoxy) is 3. The SMILES string of the molecule is C[C@H](C(=O)NC[C@H]1COCCO1)N1CC[C@]2(CCC1=O)CC(=O)c1ccccc1O2. The monoisotopic (exact) mass is 416 g/mol. The number of nitrogens with zero attached hydrogens (tertiary/aromatic N) is 1. The summed E-state index contributed by atoms with van der Waals surface area (Å²) in [4.78, 5) is 39.7. The highest BCUT2D eigenvalue weighted by atomic mass is 16.6. The molecule has 8 heteroatoms. The molecule has 1 aromatic rings. The van der Waals surface area contributed by atoms with E-state index in [9.17, 15) is 14.4 Å². The Balaban J connectivity index is 1.39. The van der Waals surface area contributed by atoms with Crippen LogP contribution < -0.4 is 10.1 Å². The van der Waals surface area contributed by atoms with E-state index >= 15 is 0 Å². The zero-order valence-electron chi connectivity index (χ0n) is 17.2. The van der Waals surface area contributed by atoms with Gasteiger partial charge in [0.05, 0.1) is 37.9 Å². The Kier molecular flexibility index (Phi) is 6.06. The highest BCUT2D eigenvalue weighted by Gasteiger charge is 2.44. The summed E-state index contributed by atoms with van der Waals surface area (Å²) < 4.78 is 17.1. The highest BCUT2D eigenvalue weighted by Crippen LogP contribution is 2.39. The number of Topliss-reactive ketones (excluding diaryl/α,β-unsaturated/α-hetero) is 1. The number of likely N-dealkylation sites (tertiary alicyclic amines) is 1. The molecule has 1 spiro atoms. The first-order valence-corrected chi connectivity index (χ1v) is 10.6. The molecule has 3 aliphatic heterocycles. The minimum Gasteiger partial charge on any atom is -0.486 e. The molecule has 0 unspecified atom stereocenters. The molecule has 1 aromatic carbocycles. The van der Waals surface area contributed by atoms with Crippen LogP contribution in [0, 0.1) is 0 Å². The van der Waals surface area contributed by atoms with Gasteiger partial charge in [-0.05, 0) is 25.5 Å². The molecule has 0 radical (unpaired) electrons. The molecule has 2 amide bonds. The van der Waals surface area contributed by atoms with E-state index in [1.807, 2.05) is 12.1 Å². The summed E-state index contributed by atoms with van der Waals surface area (Å²) in [5.41, 5.74) is -0.100. The van der Waals surface area contributed by atoms with Gasteiger partial charge in [0.2, 0.25) is 11.8 Å². The maximum Gasteiger partial charge on any atom is 0.242 e. The minimum atomic E-state index is -0.695. The lowest BCUT2D eigenvalue weighted by atomic mass is 9.84. The van der Waals surface area contributed by atoms with Crippen molar-refractivity contribution in [2.75, 3.05) is 32.9 Å². The molecule has 3 heterocycles. The number of rotatable bonds is 4. The summed E-state index contributed by atoms with van der Waals surface area (Å²) in [6.07, 6.45) is 1.30. The molecule has 1 N–H and O–H groups in total. The van der Waals surface area contributed by atoms with Gasteiger partial charge in [-0.2, -0.15) is 0 Å². The molecular weight excluding hydrogens is 388 g/mol. The van der Waals surface area contributed by atoms with Crippen LogP contribution in [0.4, 0.5) is 0 Å². The fourth-order valence-corrected chi connectivity index (χ4v) is 4.34. The van der Waals surface area contributed by atoms with Crippen LogP contribution in [0.3, 0.4) is 0 Å². The average Bonchev–Trinajstić information content (AvgIpc) is 2.91. The number of nitrogens with one attached hydrogen (secondary N) is 1. The van der Waals surface area contributed by atoms with Crippen LogP contribution in [0.5, 0.6) is 5.75 Å². The Morgan fingerprint density at radius 3 is 2.90 bits per heavy atom. The van der Waals surface area contributed by atoms with Gasteiger partial charge in [0, 0.05) is 25.9 Å².